The van der Waals surface area contributed by atoms with Gasteiger partial charge in [0.05, 0.1) is 58.5 Å². The van der Waals surface area contributed by atoms with Gasteiger partial charge in [-0.3, -0.25) is 0 Å². The van der Waals surface area contributed by atoms with Gasteiger partial charge in [0.1, 0.15) is 20.2 Å². The molecular formula is C108H186CaO14S2. The van der Waals surface area contributed by atoms with Crippen molar-refractivity contribution < 1.29 is 64.1 Å². The van der Waals surface area contributed by atoms with Gasteiger partial charge < -0.3 is 28.1 Å². The molecular weight excluding hydrogens is 1630 g/mol. The van der Waals surface area contributed by atoms with Crippen molar-refractivity contribution in [3.05, 3.63) is 107 Å². The van der Waals surface area contributed by atoms with Crippen LogP contribution in [0, 0.1) is 0 Å². The fourth-order valence-corrected chi connectivity index (χ4v) is 16.9. The monoisotopic (exact) mass is 1810 g/mol. The molecule has 0 N–H and O–H groups in total. The Hall–Kier alpha value is -3.64. The molecule has 2 aromatic carbocycles. The third kappa shape index (κ3) is 78.7. The van der Waals surface area contributed by atoms with E-state index in [9.17, 15) is 45.1 Å². The third-order valence-corrected chi connectivity index (χ3v) is 25.7. The number of benzene rings is 2. The summed E-state index contributed by atoms with van der Waals surface area (Å²) >= 11 is 0. The van der Waals surface area contributed by atoms with E-state index in [1.54, 1.807) is 0 Å². The molecule has 0 radical (unpaired) electrons. The van der Waals surface area contributed by atoms with Crippen LogP contribution in [0.3, 0.4) is 0 Å². The van der Waals surface area contributed by atoms with Gasteiger partial charge in [0.15, 0.2) is 0 Å². The predicted octanol–water partition coefficient (Wildman–Crippen LogP) is 33.4. The van der Waals surface area contributed by atoms with Crippen molar-refractivity contribution in [2.24, 2.45) is 0 Å². The molecule has 0 atom stereocenters. The van der Waals surface area contributed by atoms with Crippen LogP contribution in [0.25, 0.3) is 0 Å². The first-order valence-electron chi connectivity index (χ1n) is 52.1. The average Bonchev–Trinajstić information content (AvgIpc) is 0.812. The van der Waals surface area contributed by atoms with Crippen LogP contribution in [0.1, 0.15) is 557 Å². The van der Waals surface area contributed by atoms with Gasteiger partial charge in [-0.2, -0.15) is 0 Å². The molecule has 0 amide bonds. The Bertz CT molecular complexity index is 2950. The summed E-state index contributed by atoms with van der Waals surface area (Å²) in [5.74, 6) is -3.08. The van der Waals surface area contributed by atoms with Crippen molar-refractivity contribution in [3.63, 3.8) is 0 Å². The third-order valence-electron chi connectivity index (χ3n) is 24.0. The molecule has 17 heteroatoms. The number of rotatable bonds is 90. The van der Waals surface area contributed by atoms with E-state index in [2.05, 4.69) is 76.3 Å². The van der Waals surface area contributed by atoms with E-state index in [1.807, 2.05) is 0 Å². The molecule has 716 valence electrons. The van der Waals surface area contributed by atoms with E-state index in [0.29, 0.717) is 25.7 Å². The molecule has 0 spiro atoms. The Morgan fingerprint density at radius 3 is 0.504 bits per heavy atom. The van der Waals surface area contributed by atoms with Gasteiger partial charge in [-0.05, 0) is 165 Å². The Morgan fingerprint density at radius 2 is 0.352 bits per heavy atom. The molecule has 0 aliphatic rings. The number of carbonyl (C=O) groups is 4. The van der Waals surface area contributed by atoms with Crippen molar-refractivity contribution in [3.8, 4) is 0 Å². The summed E-state index contributed by atoms with van der Waals surface area (Å²) < 4.78 is 92.0. The van der Waals surface area contributed by atoms with Gasteiger partial charge in [-0.1, -0.05) is 436 Å². The molecule has 0 aliphatic heterocycles. The summed E-state index contributed by atoms with van der Waals surface area (Å²) in [4.78, 5) is 50.7. The second-order valence-electron chi connectivity index (χ2n) is 35.7. The van der Waals surface area contributed by atoms with Crippen LogP contribution in [-0.4, -0.2) is 114 Å². The minimum atomic E-state index is -4.82. The molecule has 2 aromatic rings. The summed E-state index contributed by atoms with van der Waals surface area (Å²) in [5, 5.41) is 0. The fraction of sp³-hybridized carbons (Fsp3) is 0.778. The van der Waals surface area contributed by atoms with Gasteiger partial charge in [-0.15, -0.1) is 0 Å². The standard InChI is InChI=1S/2C54H94O7S.Ca/c2*1-3-5-7-9-11-13-15-17-19-21-23-25-27-29-31-33-35-37-39-41-43-47-60-53(55)51-46-45-50(62(57,58)59)49-52(51)54(56)61-48-44-42-40-38-36-34-32-30-28-26-24-22-20-18-16-14-12-10-8-6-4-2;/h2*15-18,45-46,49H,3-14,19-44,47-48H2,1-2H3,(H,57,58,59);/q;;+2/p-2/b2*17-15+,18-16+;. The molecule has 125 heavy (non-hydrogen) atoms. The second-order valence-corrected chi connectivity index (χ2v) is 38.4. The van der Waals surface area contributed by atoms with Crippen LogP contribution in [-0.2, 0) is 39.2 Å². The SMILES string of the molecule is CCCCCCC/C=C/CCCCCCCCCCCCCCOC(=O)c1ccc(S(=O)(=O)[O-])cc1C(=O)OCCCCCCCCCCCCCC/C=C/CCCCCCC.CCCCCCC/C=C/CCCCCCCCCCCCCCOC(=O)c1ccc(S(=O)(=O)[O-])cc1C(=O)OCCCCCCCCCCCCCC/C=C/CCCCCCC.[Ca+2]. The first-order chi connectivity index (χ1) is 60.6. The van der Waals surface area contributed by atoms with Crippen molar-refractivity contribution in [1.29, 1.82) is 0 Å². The maximum Gasteiger partial charge on any atom is 2.00 e. The molecule has 0 saturated heterocycles. The fourth-order valence-electron chi connectivity index (χ4n) is 16.0. The number of hydrogen-bond donors (Lipinski definition) is 0. The van der Waals surface area contributed by atoms with Crippen LogP contribution >= 0.6 is 0 Å². The predicted molar refractivity (Wildman–Crippen MR) is 526 cm³/mol. The van der Waals surface area contributed by atoms with E-state index < -0.39 is 53.9 Å². The van der Waals surface area contributed by atoms with Crippen LogP contribution in [0.5, 0.6) is 0 Å². The molecule has 0 aliphatic carbocycles. The quantitative estimate of drug-likeness (QED) is 0.0150. The summed E-state index contributed by atoms with van der Waals surface area (Å²) in [6, 6.07) is 6.32. The number of unbranched alkanes of at least 4 members (excludes halogenated alkanes) is 68. The number of hydrogen-bond acceptors (Lipinski definition) is 14. The van der Waals surface area contributed by atoms with E-state index in [0.717, 1.165) is 101 Å². The van der Waals surface area contributed by atoms with E-state index in [-0.39, 0.29) is 86.4 Å². The molecule has 0 fully saturated rings. The van der Waals surface area contributed by atoms with Crippen LogP contribution in [0.15, 0.2) is 94.8 Å². The second kappa shape index (κ2) is 92.2. The van der Waals surface area contributed by atoms with Gasteiger partial charge in [-0.25, -0.2) is 36.0 Å². The van der Waals surface area contributed by atoms with Crippen molar-refractivity contribution >= 4 is 81.9 Å². The van der Waals surface area contributed by atoms with E-state index >= 15 is 0 Å². The molecule has 0 bridgehead atoms. The summed E-state index contributed by atoms with van der Waals surface area (Å²) in [6.45, 7) is 9.79. The van der Waals surface area contributed by atoms with Gasteiger partial charge in [0, 0.05) is 0 Å². The number of carbonyl (C=O) groups excluding carboxylic acids is 4. The maximum absolute atomic E-state index is 13.0. The minimum absolute atomic E-state index is 0. The van der Waals surface area contributed by atoms with E-state index in [1.165, 1.54) is 397 Å². The number of esters is 4. The topological polar surface area (TPSA) is 220 Å². The zero-order valence-corrected chi connectivity index (χ0v) is 84.7. The van der Waals surface area contributed by atoms with Crippen LogP contribution in [0.4, 0.5) is 0 Å². The minimum Gasteiger partial charge on any atom is -0.744 e. The number of allylic oxidation sites excluding steroid dienone is 8. The van der Waals surface area contributed by atoms with Gasteiger partial charge in [0.25, 0.3) is 0 Å². The molecule has 0 heterocycles. The zero-order chi connectivity index (χ0) is 90.1. The molecule has 14 nitrogen and oxygen atoms in total. The molecule has 0 aromatic heterocycles. The first kappa shape index (κ1) is 121. The maximum atomic E-state index is 13.0. The van der Waals surface area contributed by atoms with Crippen molar-refractivity contribution in [2.75, 3.05) is 26.4 Å². The Kier molecular flexibility index (Phi) is 89.5. The Labute approximate surface area is 798 Å². The smallest absolute Gasteiger partial charge is 0.744 e. The van der Waals surface area contributed by atoms with Crippen molar-refractivity contribution in [2.45, 2.75) is 525 Å². The van der Waals surface area contributed by atoms with Crippen LogP contribution < -0.4 is 0 Å². The average molecular weight is 1810 g/mol. The van der Waals surface area contributed by atoms with Gasteiger partial charge >= 0.3 is 61.6 Å². The largest absolute Gasteiger partial charge is 2.00 e. The number of ether oxygens (including phenoxy) is 4. The normalized spacial score (nSPS) is 11.8. The Balaban J connectivity index is 0.00000244. The summed E-state index contributed by atoms with van der Waals surface area (Å²) in [6.07, 6.45) is 113. The van der Waals surface area contributed by atoms with Gasteiger partial charge in [0.2, 0.25) is 0 Å². The van der Waals surface area contributed by atoms with Crippen molar-refractivity contribution in [1.82, 2.24) is 0 Å². The summed E-state index contributed by atoms with van der Waals surface area (Å²) in [7, 11) is -9.64. The van der Waals surface area contributed by atoms with Crippen LogP contribution in [0.2, 0.25) is 0 Å². The molecule has 2 rings (SSSR count). The zero-order valence-electron chi connectivity index (χ0n) is 80.9. The Morgan fingerprint density at radius 1 is 0.216 bits per heavy atom. The molecule has 0 saturated carbocycles. The first-order valence-corrected chi connectivity index (χ1v) is 54.9. The van der Waals surface area contributed by atoms with E-state index in [4.69, 9.17) is 18.9 Å². The summed E-state index contributed by atoms with van der Waals surface area (Å²) in [5.41, 5.74) is -0.663. The molecule has 0 unspecified atom stereocenters.